The van der Waals surface area contributed by atoms with Gasteiger partial charge in [0.05, 0.1) is 5.52 Å². The van der Waals surface area contributed by atoms with E-state index >= 15 is 0 Å². The number of hydrogen-bond donors (Lipinski definition) is 1. The average Bonchev–Trinajstić information content (AvgIpc) is 3.10. The van der Waals surface area contributed by atoms with Crippen molar-refractivity contribution in [2.24, 2.45) is 0 Å². The number of anilines is 1. The van der Waals surface area contributed by atoms with Gasteiger partial charge in [0, 0.05) is 72.9 Å². The van der Waals surface area contributed by atoms with Gasteiger partial charge in [0.15, 0.2) is 13.1 Å². The largest absolute Gasteiger partial charge is 0.673 e. The van der Waals surface area contributed by atoms with Gasteiger partial charge in [0.1, 0.15) is 24.8 Å². The van der Waals surface area contributed by atoms with Crippen LogP contribution in [-0.4, -0.2) is 97.6 Å². The molecule has 268 valence electrons. The minimum atomic E-state index is -6.00. The van der Waals surface area contributed by atoms with Gasteiger partial charge >= 0.3 is 7.25 Å². The fourth-order valence-corrected chi connectivity index (χ4v) is 5.78. The number of pyridine rings is 1. The van der Waals surface area contributed by atoms with Crippen LogP contribution in [0.15, 0.2) is 97.2 Å². The van der Waals surface area contributed by atoms with Crippen LogP contribution in [0.25, 0.3) is 16.6 Å². The SMILES string of the molecule is CO.F[B-](F)(F)F.Fc1ccc(C(/C=C/C=C(\c2ccc(F)cc2)N2CCN(c3ccnc4cc(Cl)ccc34)CC2)=[N+]2CCOCC2)cc1.O. The molecule has 0 unspecified atom stereocenters. The zero-order valence-corrected chi connectivity index (χ0v) is 28.0. The van der Waals surface area contributed by atoms with Crippen molar-refractivity contribution in [2.45, 2.75) is 0 Å². The first-order chi connectivity index (χ1) is 23.5. The summed E-state index contributed by atoms with van der Waals surface area (Å²) in [6.45, 7) is 6.08. The molecule has 2 saturated heterocycles. The highest BCUT2D eigenvalue weighted by atomic mass is 35.5. The highest BCUT2D eigenvalue weighted by Gasteiger charge is 2.23. The molecule has 3 aromatic carbocycles. The number of nitrogens with zero attached hydrogens (tertiary/aromatic N) is 4. The Bertz CT molecular complexity index is 1750. The summed E-state index contributed by atoms with van der Waals surface area (Å²) in [6.07, 6.45) is 8.04. The average molecular weight is 723 g/mol. The summed E-state index contributed by atoms with van der Waals surface area (Å²) in [5.74, 6) is -0.521. The van der Waals surface area contributed by atoms with Crippen molar-refractivity contribution >= 4 is 46.9 Å². The predicted octanol–water partition coefficient (Wildman–Crippen LogP) is 6.50. The highest BCUT2D eigenvalue weighted by Crippen LogP contribution is 2.30. The topological polar surface area (TPSA) is 83.3 Å². The summed E-state index contributed by atoms with van der Waals surface area (Å²) in [5.41, 5.74) is 5.97. The Morgan fingerprint density at radius 1 is 0.840 bits per heavy atom. The molecule has 3 heterocycles. The number of ether oxygens (including phenoxy) is 1. The van der Waals surface area contributed by atoms with Gasteiger partial charge in [0.2, 0.25) is 5.71 Å². The second kappa shape index (κ2) is 19.1. The molecule has 0 aliphatic carbocycles. The third-order valence-corrected chi connectivity index (χ3v) is 8.02. The zero-order valence-electron chi connectivity index (χ0n) is 27.3. The Balaban J connectivity index is 0.000000778. The van der Waals surface area contributed by atoms with E-state index in [0.717, 1.165) is 85.5 Å². The lowest BCUT2D eigenvalue weighted by atomic mass is 10.1. The number of piperazine rings is 1. The highest BCUT2D eigenvalue weighted by molar-refractivity contribution is 6.50. The number of fused-ring (bicyclic) bond motifs is 1. The zero-order chi connectivity index (χ0) is 35.4. The molecule has 6 rings (SSSR count). The first-order valence-corrected chi connectivity index (χ1v) is 15.9. The molecular formula is C35H38BClF6N4O3. The van der Waals surface area contributed by atoms with Crippen LogP contribution in [0.3, 0.4) is 0 Å². The van der Waals surface area contributed by atoms with Crippen molar-refractivity contribution in [1.29, 1.82) is 0 Å². The lowest BCUT2D eigenvalue weighted by Crippen LogP contribution is -2.45. The van der Waals surface area contributed by atoms with Gasteiger partial charge in [0.25, 0.3) is 0 Å². The quantitative estimate of drug-likeness (QED) is 0.106. The molecule has 0 saturated carbocycles. The standard InChI is InChI=1S/C34H32ClF2N4O.CH4O.BF4.H2O/c35-27-8-13-30-31(24-27)38-15-14-34(30)40-18-16-39(17-19-40)32(25-4-9-28(36)10-5-25)2-1-3-33(41-20-22-42-23-21-41)26-6-11-29(37)12-7-26;1-2;2-1(3,4)5;/h1-15,24H,16-23H2;2H,1H3;;1H2/q+1;;-1;. The van der Waals surface area contributed by atoms with Crippen LogP contribution < -0.4 is 4.90 Å². The third kappa shape index (κ3) is 11.6. The molecule has 3 N–H and O–H groups in total. The first-order valence-electron chi connectivity index (χ1n) is 15.5. The van der Waals surface area contributed by atoms with Gasteiger partial charge in [-0.1, -0.05) is 17.7 Å². The lowest BCUT2D eigenvalue weighted by Gasteiger charge is -2.39. The van der Waals surface area contributed by atoms with Crippen molar-refractivity contribution in [2.75, 3.05) is 64.5 Å². The van der Waals surface area contributed by atoms with Gasteiger partial charge in [-0.25, -0.2) is 13.4 Å². The van der Waals surface area contributed by atoms with Crippen molar-refractivity contribution in [1.82, 2.24) is 9.88 Å². The number of aromatic nitrogens is 1. The Hall–Kier alpha value is -4.37. The normalized spacial score (nSPS) is 15.1. The van der Waals surface area contributed by atoms with Crippen molar-refractivity contribution in [3.8, 4) is 0 Å². The molecule has 15 heteroatoms. The van der Waals surface area contributed by atoms with Crippen LogP contribution in [-0.2, 0) is 4.74 Å². The smallest absolute Gasteiger partial charge is 0.418 e. The van der Waals surface area contributed by atoms with Crippen molar-refractivity contribution < 1.29 is 45.9 Å². The van der Waals surface area contributed by atoms with E-state index in [1.54, 1.807) is 0 Å². The molecule has 0 radical (unpaired) electrons. The summed E-state index contributed by atoms with van der Waals surface area (Å²) in [4.78, 5) is 9.22. The van der Waals surface area contributed by atoms with E-state index in [0.29, 0.717) is 18.2 Å². The van der Waals surface area contributed by atoms with Gasteiger partial charge in [-0.2, -0.15) is 0 Å². The van der Waals surface area contributed by atoms with Crippen molar-refractivity contribution in [3.63, 3.8) is 0 Å². The van der Waals surface area contributed by atoms with E-state index in [-0.39, 0.29) is 17.1 Å². The van der Waals surface area contributed by atoms with E-state index in [4.69, 9.17) is 21.4 Å². The number of halogens is 7. The van der Waals surface area contributed by atoms with Crippen molar-refractivity contribution in [3.05, 3.63) is 125 Å². The molecule has 2 fully saturated rings. The molecule has 50 heavy (non-hydrogen) atoms. The molecule has 0 bridgehead atoms. The number of aliphatic hydroxyl groups excluding tert-OH is 1. The van der Waals surface area contributed by atoms with Gasteiger partial charge in [-0.15, -0.1) is 0 Å². The second-order valence-corrected chi connectivity index (χ2v) is 11.3. The monoisotopic (exact) mass is 722 g/mol. The molecule has 2 aliphatic rings. The van der Waals surface area contributed by atoms with Gasteiger partial charge in [-0.05, 0) is 84.4 Å². The lowest BCUT2D eigenvalue weighted by molar-refractivity contribution is -0.548. The van der Waals surface area contributed by atoms with E-state index < -0.39 is 7.25 Å². The summed E-state index contributed by atoms with van der Waals surface area (Å²) in [6, 6.07) is 21.1. The van der Waals surface area contributed by atoms with Crippen LogP contribution in [0.5, 0.6) is 0 Å². The maximum atomic E-state index is 13.9. The Morgan fingerprint density at radius 3 is 1.98 bits per heavy atom. The van der Waals surface area contributed by atoms with Gasteiger partial charge < -0.3 is 42.4 Å². The molecule has 0 amide bonds. The fraction of sp³-hybridized carbons (Fsp3) is 0.257. The van der Waals surface area contributed by atoms with Crippen LogP contribution in [0, 0.1) is 11.6 Å². The van der Waals surface area contributed by atoms with Crippen LogP contribution >= 0.6 is 11.6 Å². The maximum absolute atomic E-state index is 13.9. The predicted molar refractivity (Wildman–Crippen MR) is 187 cm³/mol. The van der Waals surface area contributed by atoms with E-state index in [2.05, 4.69) is 37.6 Å². The molecule has 0 atom stereocenters. The fourth-order valence-electron chi connectivity index (χ4n) is 5.61. The Kier molecular flexibility index (Phi) is 15.3. The summed E-state index contributed by atoms with van der Waals surface area (Å²) in [5, 5.41) is 8.76. The minimum absolute atomic E-state index is 0. The molecule has 7 nitrogen and oxygen atoms in total. The number of aliphatic hydroxyl groups is 1. The molecule has 2 aliphatic heterocycles. The van der Waals surface area contributed by atoms with Gasteiger partial charge in [-0.3, -0.25) is 4.98 Å². The van der Waals surface area contributed by atoms with Crippen LogP contribution in [0.1, 0.15) is 11.1 Å². The minimum Gasteiger partial charge on any atom is -0.418 e. The Labute approximate surface area is 291 Å². The molecular weight excluding hydrogens is 685 g/mol. The number of hydrogen-bond acceptors (Lipinski definition) is 5. The van der Waals surface area contributed by atoms with Crippen LogP contribution in [0.4, 0.5) is 31.7 Å². The first kappa shape index (κ1) is 40.1. The summed E-state index contributed by atoms with van der Waals surface area (Å²) >= 11 is 6.20. The molecule has 4 aromatic rings. The summed E-state index contributed by atoms with van der Waals surface area (Å²) < 4.78 is 74.4. The number of morpholine rings is 1. The number of allylic oxidation sites excluding steroid dienone is 3. The second-order valence-electron chi connectivity index (χ2n) is 10.9. The van der Waals surface area contributed by atoms with E-state index in [1.165, 1.54) is 24.3 Å². The Morgan fingerprint density at radius 2 is 1.40 bits per heavy atom. The maximum Gasteiger partial charge on any atom is 0.673 e. The molecule has 1 aromatic heterocycles. The van der Waals surface area contributed by atoms with E-state index in [9.17, 15) is 26.0 Å². The van der Waals surface area contributed by atoms with E-state index in [1.807, 2.05) is 54.7 Å². The number of rotatable bonds is 6. The number of benzene rings is 3. The third-order valence-electron chi connectivity index (χ3n) is 7.78. The van der Waals surface area contributed by atoms with Crippen LogP contribution in [0.2, 0.25) is 5.02 Å². The summed E-state index contributed by atoms with van der Waals surface area (Å²) in [7, 11) is -5.00. The molecule has 0 spiro atoms.